The van der Waals surface area contributed by atoms with E-state index in [0.717, 1.165) is 41.5 Å². The van der Waals surface area contributed by atoms with Crippen molar-refractivity contribution in [3.63, 3.8) is 0 Å². The van der Waals surface area contributed by atoms with Crippen molar-refractivity contribution in [1.29, 1.82) is 0 Å². The highest BCUT2D eigenvalue weighted by Gasteiger charge is 2.45. The molecule has 2 aliphatic rings. The van der Waals surface area contributed by atoms with Gasteiger partial charge in [-0.2, -0.15) is 0 Å². The number of carbonyl (C=O) groups is 1. The molecule has 0 aliphatic heterocycles. The van der Waals surface area contributed by atoms with Gasteiger partial charge in [0.05, 0.1) is 17.0 Å². The van der Waals surface area contributed by atoms with E-state index in [0.29, 0.717) is 12.8 Å². The first kappa shape index (κ1) is 15.9. The summed E-state index contributed by atoms with van der Waals surface area (Å²) in [5, 5.41) is 9.92. The predicted octanol–water partition coefficient (Wildman–Crippen LogP) is 4.62. The van der Waals surface area contributed by atoms with Crippen LogP contribution in [0.25, 0.3) is 0 Å². The van der Waals surface area contributed by atoms with Crippen LogP contribution in [0, 0.1) is 0 Å². The highest BCUT2D eigenvalue weighted by atomic mass is 79.9. The Balaban J connectivity index is 2.20. The van der Waals surface area contributed by atoms with E-state index in [1.54, 1.807) is 7.11 Å². The summed E-state index contributed by atoms with van der Waals surface area (Å²) in [5.41, 5.74) is 2.74. The van der Waals surface area contributed by atoms with Gasteiger partial charge in [-0.1, -0.05) is 25.3 Å². The number of methoxy groups -OCH3 is 1. The Hall–Kier alpha value is -1.03. The fourth-order valence-corrected chi connectivity index (χ4v) is 4.97. The zero-order valence-electron chi connectivity index (χ0n) is 13.1. The number of fused-ring (bicyclic) bond motifs is 1. The van der Waals surface area contributed by atoms with Crippen LogP contribution in [0.3, 0.4) is 0 Å². The lowest BCUT2D eigenvalue weighted by Gasteiger charge is -2.29. The molecule has 1 aromatic carbocycles. The van der Waals surface area contributed by atoms with Gasteiger partial charge in [0.15, 0.2) is 0 Å². The second-order valence-corrected chi connectivity index (χ2v) is 7.36. The second kappa shape index (κ2) is 6.23. The molecule has 2 aliphatic carbocycles. The number of benzene rings is 1. The van der Waals surface area contributed by atoms with Gasteiger partial charge in [0.25, 0.3) is 0 Å². The molecule has 0 amide bonds. The summed E-state index contributed by atoms with van der Waals surface area (Å²) in [6.07, 6.45) is 9.09. The van der Waals surface area contributed by atoms with Crippen molar-refractivity contribution in [3.05, 3.63) is 27.2 Å². The van der Waals surface area contributed by atoms with Crippen LogP contribution >= 0.6 is 15.9 Å². The first-order valence-electron chi connectivity index (χ1n) is 8.22. The highest BCUT2D eigenvalue weighted by molar-refractivity contribution is 9.10. The Bertz CT molecular complexity index is 588. The highest BCUT2D eigenvalue weighted by Crippen LogP contribution is 2.49. The average molecular weight is 367 g/mol. The number of ether oxygens (including phenoxy) is 1. The van der Waals surface area contributed by atoms with Gasteiger partial charge in [0.1, 0.15) is 5.75 Å². The molecule has 0 bridgehead atoms. The van der Waals surface area contributed by atoms with Crippen molar-refractivity contribution in [2.75, 3.05) is 7.11 Å². The summed E-state index contributed by atoms with van der Waals surface area (Å²) in [4.78, 5) is 12.1. The zero-order chi connectivity index (χ0) is 15.7. The Morgan fingerprint density at radius 1 is 1.18 bits per heavy atom. The summed E-state index contributed by atoms with van der Waals surface area (Å²) in [6, 6.07) is 2.14. The predicted molar refractivity (Wildman–Crippen MR) is 89.7 cm³/mol. The van der Waals surface area contributed by atoms with Crippen LogP contribution in [-0.4, -0.2) is 18.2 Å². The van der Waals surface area contributed by atoms with Crippen LogP contribution in [0.15, 0.2) is 10.5 Å². The van der Waals surface area contributed by atoms with E-state index in [-0.39, 0.29) is 0 Å². The number of carboxylic acids is 1. The summed E-state index contributed by atoms with van der Waals surface area (Å²) in [6.45, 7) is 0. The van der Waals surface area contributed by atoms with Crippen LogP contribution in [0.1, 0.15) is 61.6 Å². The smallest absolute Gasteiger partial charge is 0.314 e. The van der Waals surface area contributed by atoms with E-state index >= 15 is 0 Å². The fourth-order valence-electron chi connectivity index (χ4n) is 4.14. The molecule has 4 heteroatoms. The molecule has 22 heavy (non-hydrogen) atoms. The Morgan fingerprint density at radius 2 is 1.86 bits per heavy atom. The van der Waals surface area contributed by atoms with Gasteiger partial charge in [0, 0.05) is 5.56 Å². The monoisotopic (exact) mass is 366 g/mol. The van der Waals surface area contributed by atoms with E-state index in [9.17, 15) is 9.90 Å². The molecule has 1 N–H and O–H groups in total. The topological polar surface area (TPSA) is 46.5 Å². The molecular weight excluding hydrogens is 344 g/mol. The lowest BCUT2D eigenvalue weighted by molar-refractivity contribution is -0.143. The first-order chi connectivity index (χ1) is 10.6. The number of hydrogen-bond acceptors (Lipinski definition) is 2. The van der Waals surface area contributed by atoms with Crippen molar-refractivity contribution >= 4 is 21.9 Å². The van der Waals surface area contributed by atoms with E-state index in [1.807, 2.05) is 0 Å². The number of carboxylic acid groups (broad SMARTS) is 1. The number of rotatable bonds is 3. The maximum atomic E-state index is 12.1. The van der Waals surface area contributed by atoms with E-state index in [4.69, 9.17) is 4.74 Å². The molecule has 0 unspecified atom stereocenters. The van der Waals surface area contributed by atoms with Crippen LogP contribution in [-0.2, 0) is 23.1 Å². The lowest BCUT2D eigenvalue weighted by Crippen LogP contribution is -2.33. The third kappa shape index (κ3) is 2.45. The molecule has 0 spiro atoms. The van der Waals surface area contributed by atoms with Crippen LogP contribution in [0.2, 0.25) is 0 Å². The van der Waals surface area contributed by atoms with Crippen molar-refractivity contribution in [2.45, 2.75) is 63.2 Å². The average Bonchev–Trinajstić information content (AvgIpc) is 2.88. The molecule has 3 rings (SSSR count). The lowest BCUT2D eigenvalue weighted by atomic mass is 9.77. The maximum absolute atomic E-state index is 12.1. The molecule has 0 aromatic heterocycles. The number of halogens is 1. The Morgan fingerprint density at radius 3 is 2.50 bits per heavy atom. The largest absolute Gasteiger partial charge is 0.495 e. The maximum Gasteiger partial charge on any atom is 0.314 e. The SMILES string of the molecule is COc1c(C2(C(=O)O)CCCC2)cc2c(c1Br)CCCCC2. The standard InChI is InChI=1S/C18H23BrO3/c1-22-16-14(18(17(20)21)9-5-6-10-18)11-12-7-3-2-4-8-13(12)15(16)19/h11H,2-10H2,1H3,(H,20,21). The molecule has 0 atom stereocenters. The minimum Gasteiger partial charge on any atom is -0.495 e. The normalized spacial score (nSPS) is 20.3. The molecule has 1 aromatic rings. The summed E-state index contributed by atoms with van der Waals surface area (Å²) in [7, 11) is 1.65. The fraction of sp³-hybridized carbons (Fsp3) is 0.611. The van der Waals surface area contributed by atoms with Gasteiger partial charge in [-0.15, -0.1) is 0 Å². The molecule has 120 valence electrons. The van der Waals surface area contributed by atoms with E-state index in [1.165, 1.54) is 30.4 Å². The Kier molecular flexibility index (Phi) is 4.49. The minimum absolute atomic E-state index is 0.705. The molecule has 3 nitrogen and oxygen atoms in total. The van der Waals surface area contributed by atoms with Crippen molar-refractivity contribution < 1.29 is 14.6 Å². The summed E-state index contributed by atoms with van der Waals surface area (Å²) >= 11 is 3.72. The minimum atomic E-state index is -0.769. The van der Waals surface area contributed by atoms with Gasteiger partial charge in [-0.3, -0.25) is 4.79 Å². The summed E-state index contributed by atoms with van der Waals surface area (Å²) in [5.74, 6) is 0.0359. The zero-order valence-corrected chi connectivity index (χ0v) is 14.7. The third-order valence-electron chi connectivity index (χ3n) is 5.37. The van der Waals surface area contributed by atoms with Gasteiger partial charge < -0.3 is 9.84 Å². The third-order valence-corrected chi connectivity index (χ3v) is 6.21. The second-order valence-electron chi connectivity index (χ2n) is 6.56. The Labute approximate surface area is 140 Å². The number of aryl methyl sites for hydroxylation is 1. The summed E-state index contributed by atoms with van der Waals surface area (Å²) < 4.78 is 6.64. The number of aliphatic carboxylic acids is 1. The molecule has 0 radical (unpaired) electrons. The van der Waals surface area contributed by atoms with Crippen LogP contribution < -0.4 is 4.74 Å². The van der Waals surface area contributed by atoms with E-state index in [2.05, 4.69) is 22.0 Å². The van der Waals surface area contributed by atoms with Gasteiger partial charge in [0.2, 0.25) is 0 Å². The van der Waals surface area contributed by atoms with Crippen molar-refractivity contribution in [3.8, 4) is 5.75 Å². The van der Waals surface area contributed by atoms with E-state index < -0.39 is 11.4 Å². The molecule has 1 saturated carbocycles. The quantitative estimate of drug-likeness (QED) is 0.793. The van der Waals surface area contributed by atoms with Gasteiger partial charge in [-0.05, 0) is 65.6 Å². The molecule has 0 heterocycles. The van der Waals surface area contributed by atoms with Gasteiger partial charge in [-0.25, -0.2) is 0 Å². The first-order valence-corrected chi connectivity index (χ1v) is 9.01. The van der Waals surface area contributed by atoms with Crippen molar-refractivity contribution in [1.82, 2.24) is 0 Å². The van der Waals surface area contributed by atoms with Crippen molar-refractivity contribution in [2.24, 2.45) is 0 Å². The van der Waals surface area contributed by atoms with Gasteiger partial charge >= 0.3 is 5.97 Å². The molecule has 0 saturated heterocycles. The number of hydrogen-bond donors (Lipinski definition) is 1. The molecule has 1 fully saturated rings. The van der Waals surface area contributed by atoms with Crippen LogP contribution in [0.5, 0.6) is 5.75 Å². The van der Waals surface area contributed by atoms with Crippen LogP contribution in [0.4, 0.5) is 0 Å². The molecular formula is C18H23BrO3.